The number of azide groups is 2. The Hall–Kier alpha value is -7.64. The van der Waals surface area contributed by atoms with Crippen molar-refractivity contribution in [3.8, 4) is 0 Å². The molecule has 107 heavy (non-hydrogen) atoms. The summed E-state index contributed by atoms with van der Waals surface area (Å²) >= 11 is 0. The molecule has 9 rings (SSSR count). The summed E-state index contributed by atoms with van der Waals surface area (Å²) in [5.74, 6) is -2.74. The molecule has 4 heterocycles. The second kappa shape index (κ2) is 39.1. The fourth-order valence-corrected chi connectivity index (χ4v) is 13.4. The third kappa shape index (κ3) is 24.4. The van der Waals surface area contributed by atoms with Crippen LogP contribution in [0.2, 0.25) is 0 Å². The number of esters is 2. The summed E-state index contributed by atoms with van der Waals surface area (Å²) in [5, 5.41) is 7.91. The van der Waals surface area contributed by atoms with Gasteiger partial charge in [0.25, 0.3) is 0 Å². The van der Waals surface area contributed by atoms with Crippen LogP contribution in [0, 0.1) is 0 Å². The Morgan fingerprint density at radius 3 is 1.05 bits per heavy atom. The summed E-state index contributed by atoms with van der Waals surface area (Å²) in [5.41, 5.74) is 23.0. The second-order valence-corrected chi connectivity index (χ2v) is 27.8. The van der Waals surface area contributed by atoms with Gasteiger partial charge in [-0.25, -0.2) is 26.3 Å². The maximum atomic E-state index is 14.8. The normalized spacial score (nSPS) is 29.1. The first-order valence-electron chi connectivity index (χ1n) is 32.0. The SMILES string of the molecule is C=CCO[C@@H]1O[C@@H](C(=O)OC)[C@@H](O[C@H]2O[C@H](COS(=O)(=O)O)[C@@H](O[C@@H]3O[C@@H](C(=O)OC)[C@@H](O[C@H]4O[C@H](COS(=O)(=O)O)[C@@H](OCc5ccccc5)[C@H](OCc5ccccc5)[C@H]4N=[N+]=[N-])[C@H](OCc4ccccc4)[C@H]3OS(=O)(=O)O)[C@H](OCc3ccccc3)[C@H]2N=[N+]=[N-])[C@H](OCc2ccccc2)[C@H]1OS(=O)(=O)O. The first-order valence-corrected chi connectivity index (χ1v) is 37.5. The molecule has 4 aliphatic rings. The molecule has 39 nitrogen and oxygen atoms in total. The quantitative estimate of drug-likeness (QED) is 0.0102. The van der Waals surface area contributed by atoms with Gasteiger partial charge in [0.1, 0.15) is 73.1 Å². The van der Waals surface area contributed by atoms with Crippen LogP contribution in [0.1, 0.15) is 27.8 Å². The predicted molar refractivity (Wildman–Crippen MR) is 358 cm³/mol. The molecule has 582 valence electrons. The molecule has 20 atom stereocenters. The Morgan fingerprint density at radius 1 is 0.411 bits per heavy atom. The van der Waals surface area contributed by atoms with E-state index in [4.69, 9.17) is 87.8 Å². The van der Waals surface area contributed by atoms with Crippen LogP contribution in [0.3, 0.4) is 0 Å². The molecule has 0 spiro atoms. The van der Waals surface area contributed by atoms with Crippen LogP contribution in [0.25, 0.3) is 20.9 Å². The molecule has 0 aromatic heterocycles. The highest BCUT2D eigenvalue weighted by Gasteiger charge is 2.61. The fraction of sp³-hybridized carbons (Fsp3) is 0.469. The number of carbonyl (C=O) groups excluding carboxylic acids is 2. The lowest BCUT2D eigenvalue weighted by Gasteiger charge is -2.51. The van der Waals surface area contributed by atoms with Crippen LogP contribution >= 0.6 is 0 Å². The van der Waals surface area contributed by atoms with Gasteiger partial charge in [0, 0.05) is 9.82 Å². The molecule has 0 amide bonds. The number of ether oxygens (including phenoxy) is 15. The molecule has 0 radical (unpaired) electrons. The summed E-state index contributed by atoms with van der Waals surface area (Å²) in [6.45, 7) is -1.62. The van der Waals surface area contributed by atoms with Gasteiger partial charge >= 0.3 is 53.5 Å². The molecule has 5 aromatic rings. The van der Waals surface area contributed by atoms with Gasteiger partial charge in [0.15, 0.2) is 49.6 Å². The Morgan fingerprint density at radius 2 is 0.720 bits per heavy atom. The van der Waals surface area contributed by atoms with Gasteiger partial charge < -0.3 is 71.1 Å². The van der Waals surface area contributed by atoms with E-state index in [9.17, 15) is 72.5 Å². The van der Waals surface area contributed by atoms with Crippen molar-refractivity contribution in [2.24, 2.45) is 10.2 Å². The van der Waals surface area contributed by atoms with Gasteiger partial charge in [0.05, 0.1) is 67.1 Å². The van der Waals surface area contributed by atoms with E-state index in [1.54, 1.807) is 127 Å². The van der Waals surface area contributed by atoms with Crippen LogP contribution in [0.15, 0.2) is 175 Å². The zero-order valence-electron chi connectivity index (χ0n) is 56.4. The molecule has 4 aliphatic heterocycles. The lowest BCUT2D eigenvalue weighted by Crippen LogP contribution is -2.69. The number of hydrogen-bond donors (Lipinski definition) is 4. The summed E-state index contributed by atoms with van der Waals surface area (Å²) in [6, 6.07) is 36.5. The van der Waals surface area contributed by atoms with Crippen LogP contribution < -0.4 is 0 Å². The number of rotatable bonds is 38. The Bertz CT molecular complexity index is 4270. The van der Waals surface area contributed by atoms with Gasteiger partial charge in [-0.2, -0.15) is 33.7 Å². The summed E-state index contributed by atoms with van der Waals surface area (Å²) in [7, 11) is -20.7. The standard InChI is InChI=1S/C64H74N6O33S4/c1-4-30-87-63-57(102-106(79,80)81)51(91-34-41-26-16-8-17-27-41)53(55(100-63)59(71)85-2)98-62-46(68-70-66)50(90-33-40-24-14-7-15-25-40)48(44(96-62)37-94-105(76,77)78)97-64-58(103-107(82,83)84)52(92-35-42-28-18-9-19-29-42)54(56(101-64)60(72)86-3)99-61-45(67-69-65)49(89-32-39-22-12-6-13-23-39)47(43(95-61)36-93-104(73,74)75)88-31-38-20-10-5-11-21-38/h4-29,43-58,61-64H,1,30-37H2,2-3H3,(H,73,74,75)(H,76,77,78)(H,79,80,81)(H,82,83,84)/t43-,44-,45-,46-,47-,48-,49-,50-,51+,52+,53+,54+,55-,56-,57-,58-,61-,62-,63-,64-/m1/s1. The van der Waals surface area contributed by atoms with E-state index in [2.05, 4.69) is 26.6 Å². The van der Waals surface area contributed by atoms with Crippen molar-refractivity contribution in [2.45, 2.75) is 156 Å². The van der Waals surface area contributed by atoms with E-state index in [0.29, 0.717) is 27.8 Å². The topological polar surface area (TPSA) is 525 Å². The van der Waals surface area contributed by atoms with Gasteiger partial charge in [-0.1, -0.05) is 168 Å². The average molecular weight is 1580 g/mol. The molecule has 0 aliphatic carbocycles. The van der Waals surface area contributed by atoms with Crippen LogP contribution in [-0.4, -0.2) is 221 Å². The maximum absolute atomic E-state index is 14.8. The van der Waals surface area contributed by atoms with Crippen molar-refractivity contribution >= 4 is 53.5 Å². The number of methoxy groups -OCH3 is 2. The van der Waals surface area contributed by atoms with Crippen molar-refractivity contribution in [3.05, 3.63) is 213 Å². The molecule has 4 N–H and O–H groups in total. The average Bonchev–Trinajstić information content (AvgIpc) is 0.755. The lowest BCUT2D eigenvalue weighted by atomic mass is 9.94. The smallest absolute Gasteiger partial charge is 0.397 e. The Balaban J connectivity index is 1.19. The van der Waals surface area contributed by atoms with Crippen molar-refractivity contribution in [2.75, 3.05) is 34.0 Å². The van der Waals surface area contributed by atoms with Crippen molar-refractivity contribution in [1.29, 1.82) is 0 Å². The molecule has 5 aromatic carbocycles. The van der Waals surface area contributed by atoms with Crippen molar-refractivity contribution < 1.29 is 149 Å². The molecule has 43 heteroatoms. The number of nitrogens with zero attached hydrogens (tertiary/aromatic N) is 6. The van der Waals surface area contributed by atoms with E-state index in [1.807, 2.05) is 0 Å². The minimum Gasteiger partial charge on any atom is -0.467 e. The second-order valence-electron chi connectivity index (χ2n) is 23.5. The summed E-state index contributed by atoms with van der Waals surface area (Å²) in [6.07, 6.45) is -37.5. The molecular formula is C64H74N6O33S4. The van der Waals surface area contributed by atoms with E-state index >= 15 is 0 Å². The first-order chi connectivity index (χ1) is 51.2. The van der Waals surface area contributed by atoms with Gasteiger partial charge in [0.2, 0.25) is 0 Å². The predicted octanol–water partition coefficient (Wildman–Crippen LogP) is 4.89. The summed E-state index contributed by atoms with van der Waals surface area (Å²) < 4.78 is 258. The summed E-state index contributed by atoms with van der Waals surface area (Å²) in [4.78, 5) is 34.9. The zero-order chi connectivity index (χ0) is 76.9. The fourth-order valence-electron chi connectivity index (χ4n) is 11.8. The number of benzene rings is 5. The van der Waals surface area contributed by atoms with Gasteiger partial charge in [-0.3, -0.25) is 18.2 Å². The molecule has 4 fully saturated rings. The van der Waals surface area contributed by atoms with Crippen LogP contribution in [0.5, 0.6) is 0 Å². The Labute approximate surface area is 612 Å². The lowest BCUT2D eigenvalue weighted by molar-refractivity contribution is -0.373. The molecule has 0 saturated carbocycles. The third-order valence-electron chi connectivity index (χ3n) is 16.4. The third-order valence-corrected chi connectivity index (χ3v) is 18.2. The maximum Gasteiger partial charge on any atom is 0.397 e. The number of hydrogen-bond acceptors (Lipinski definition) is 31. The molecular weight excluding hydrogens is 1510 g/mol. The van der Waals surface area contributed by atoms with Crippen molar-refractivity contribution in [1.82, 2.24) is 0 Å². The largest absolute Gasteiger partial charge is 0.467 e. The monoisotopic (exact) mass is 1580 g/mol. The molecule has 4 saturated heterocycles. The van der Waals surface area contributed by atoms with Crippen molar-refractivity contribution in [3.63, 3.8) is 0 Å². The zero-order valence-corrected chi connectivity index (χ0v) is 59.6. The van der Waals surface area contributed by atoms with Gasteiger partial charge in [-0.05, 0) is 38.9 Å². The van der Waals surface area contributed by atoms with Crippen LogP contribution in [0.4, 0.5) is 0 Å². The van der Waals surface area contributed by atoms with Crippen LogP contribution in [-0.2, 0) is 172 Å². The molecule has 0 bridgehead atoms. The highest BCUT2D eigenvalue weighted by atomic mass is 32.3. The Kier molecular flexibility index (Phi) is 30.5. The van der Waals surface area contributed by atoms with E-state index in [-0.39, 0.29) is 13.2 Å². The highest BCUT2D eigenvalue weighted by molar-refractivity contribution is 7.81. The first kappa shape index (κ1) is 83.4. The minimum absolute atomic E-state index is 0.258. The minimum atomic E-state index is -5.93. The highest BCUT2D eigenvalue weighted by Crippen LogP contribution is 2.41. The number of carbonyl (C=O) groups is 2. The van der Waals surface area contributed by atoms with E-state index in [0.717, 1.165) is 14.2 Å². The molecule has 0 unspecified atom stereocenters. The van der Waals surface area contributed by atoms with E-state index < -0.39 is 216 Å². The van der Waals surface area contributed by atoms with E-state index in [1.165, 1.54) is 30.3 Å². The van der Waals surface area contributed by atoms with Gasteiger partial charge in [-0.15, -0.1) is 6.58 Å².